The predicted octanol–water partition coefficient (Wildman–Crippen LogP) is -0.777. The molecule has 1 rings (SSSR count). The number of guanidine groups is 1. The van der Waals surface area contributed by atoms with Gasteiger partial charge in [0, 0.05) is 33.3 Å². The zero-order chi connectivity index (χ0) is 14.1. The summed E-state index contributed by atoms with van der Waals surface area (Å²) in [5.41, 5.74) is 0. The van der Waals surface area contributed by atoms with Crippen molar-refractivity contribution in [3.05, 3.63) is 0 Å². The minimum Gasteiger partial charge on any atom is -0.383 e. The Bertz CT molecular complexity index is 383. The summed E-state index contributed by atoms with van der Waals surface area (Å²) in [7, 11) is -1.37. The number of ether oxygens (including phenoxy) is 1. The van der Waals surface area contributed by atoms with E-state index in [2.05, 4.69) is 15.6 Å². The SMILES string of the molecule is CCNC(=NCCN1CCCS1(=O)=O)NCCOC. The van der Waals surface area contributed by atoms with Crippen molar-refractivity contribution < 1.29 is 13.2 Å². The molecule has 2 N–H and O–H groups in total. The maximum absolute atomic E-state index is 11.6. The van der Waals surface area contributed by atoms with Crippen molar-refractivity contribution in [3.63, 3.8) is 0 Å². The van der Waals surface area contributed by atoms with E-state index in [-0.39, 0.29) is 5.75 Å². The molecule has 0 radical (unpaired) electrons. The Balaban J connectivity index is 2.38. The van der Waals surface area contributed by atoms with E-state index in [1.54, 1.807) is 7.11 Å². The molecule has 8 heteroatoms. The fraction of sp³-hybridized carbons (Fsp3) is 0.909. The van der Waals surface area contributed by atoms with Gasteiger partial charge in [-0.2, -0.15) is 0 Å². The lowest BCUT2D eigenvalue weighted by Gasteiger charge is -2.14. The second kappa shape index (κ2) is 8.34. The molecule has 0 aromatic rings. The van der Waals surface area contributed by atoms with Gasteiger partial charge >= 0.3 is 0 Å². The maximum atomic E-state index is 11.6. The normalized spacial score (nSPS) is 19.6. The number of nitrogens with zero attached hydrogens (tertiary/aromatic N) is 2. The lowest BCUT2D eigenvalue weighted by atomic mass is 10.5. The molecule has 0 spiro atoms. The third kappa shape index (κ3) is 5.75. The van der Waals surface area contributed by atoms with E-state index in [0.29, 0.717) is 38.7 Å². The Morgan fingerprint density at radius 2 is 2.21 bits per heavy atom. The Labute approximate surface area is 115 Å². The number of methoxy groups -OCH3 is 1. The summed E-state index contributed by atoms with van der Waals surface area (Å²) in [5, 5.41) is 6.22. The van der Waals surface area contributed by atoms with Crippen molar-refractivity contribution in [1.29, 1.82) is 0 Å². The molecule has 0 unspecified atom stereocenters. The first-order valence-electron chi connectivity index (χ1n) is 6.59. The van der Waals surface area contributed by atoms with Crippen LogP contribution in [0.1, 0.15) is 13.3 Å². The Kier molecular flexibility index (Phi) is 7.11. The van der Waals surface area contributed by atoms with Gasteiger partial charge in [-0.15, -0.1) is 0 Å². The molecule has 0 atom stereocenters. The number of nitrogens with one attached hydrogen (secondary N) is 2. The van der Waals surface area contributed by atoms with E-state index in [1.165, 1.54) is 4.31 Å². The third-order valence-electron chi connectivity index (χ3n) is 2.77. The highest BCUT2D eigenvalue weighted by atomic mass is 32.2. The van der Waals surface area contributed by atoms with Gasteiger partial charge in [0.15, 0.2) is 5.96 Å². The fourth-order valence-corrected chi connectivity index (χ4v) is 3.35. The lowest BCUT2D eigenvalue weighted by molar-refractivity contribution is 0.203. The van der Waals surface area contributed by atoms with E-state index in [0.717, 1.165) is 13.0 Å². The van der Waals surface area contributed by atoms with Gasteiger partial charge in [-0.05, 0) is 13.3 Å². The van der Waals surface area contributed by atoms with E-state index in [9.17, 15) is 8.42 Å². The molecule has 1 saturated heterocycles. The van der Waals surface area contributed by atoms with Crippen LogP contribution in [0.15, 0.2) is 4.99 Å². The van der Waals surface area contributed by atoms with Gasteiger partial charge in [0.2, 0.25) is 10.0 Å². The van der Waals surface area contributed by atoms with E-state index in [4.69, 9.17) is 4.74 Å². The summed E-state index contributed by atoms with van der Waals surface area (Å²) in [6.45, 7) is 5.55. The van der Waals surface area contributed by atoms with E-state index < -0.39 is 10.0 Å². The summed E-state index contributed by atoms with van der Waals surface area (Å²) in [6, 6.07) is 0. The predicted molar refractivity (Wildman–Crippen MR) is 75.8 cm³/mol. The number of hydrogen-bond acceptors (Lipinski definition) is 4. The van der Waals surface area contributed by atoms with Crippen molar-refractivity contribution in [2.45, 2.75) is 13.3 Å². The van der Waals surface area contributed by atoms with Gasteiger partial charge < -0.3 is 15.4 Å². The first-order valence-corrected chi connectivity index (χ1v) is 8.20. The molecular weight excluding hydrogens is 268 g/mol. The van der Waals surface area contributed by atoms with Crippen LogP contribution < -0.4 is 10.6 Å². The van der Waals surface area contributed by atoms with Crippen LogP contribution in [0.25, 0.3) is 0 Å². The van der Waals surface area contributed by atoms with Gasteiger partial charge in [0.25, 0.3) is 0 Å². The molecule has 1 heterocycles. The number of rotatable bonds is 7. The van der Waals surface area contributed by atoms with Gasteiger partial charge in [0.05, 0.1) is 18.9 Å². The third-order valence-corrected chi connectivity index (χ3v) is 4.72. The quantitative estimate of drug-likeness (QED) is 0.365. The first kappa shape index (κ1) is 16.2. The van der Waals surface area contributed by atoms with Gasteiger partial charge in [-0.1, -0.05) is 0 Å². The molecule has 0 bridgehead atoms. The smallest absolute Gasteiger partial charge is 0.214 e. The van der Waals surface area contributed by atoms with Gasteiger partial charge in [-0.3, -0.25) is 4.99 Å². The molecule has 0 aromatic heterocycles. The van der Waals surface area contributed by atoms with Crippen molar-refractivity contribution in [2.75, 3.05) is 52.2 Å². The molecule has 19 heavy (non-hydrogen) atoms. The Morgan fingerprint density at radius 3 is 2.79 bits per heavy atom. The molecule has 7 nitrogen and oxygen atoms in total. The highest BCUT2D eigenvalue weighted by Crippen LogP contribution is 2.12. The Morgan fingerprint density at radius 1 is 1.42 bits per heavy atom. The highest BCUT2D eigenvalue weighted by molar-refractivity contribution is 7.89. The van der Waals surface area contributed by atoms with Crippen LogP contribution in [0, 0.1) is 0 Å². The first-order chi connectivity index (χ1) is 9.10. The number of hydrogen-bond donors (Lipinski definition) is 2. The summed E-state index contributed by atoms with van der Waals surface area (Å²) in [6.07, 6.45) is 0.720. The van der Waals surface area contributed by atoms with Crippen LogP contribution in [-0.2, 0) is 14.8 Å². The zero-order valence-electron chi connectivity index (χ0n) is 11.7. The summed E-state index contributed by atoms with van der Waals surface area (Å²) in [5.74, 6) is 0.958. The van der Waals surface area contributed by atoms with Crippen molar-refractivity contribution >= 4 is 16.0 Å². The van der Waals surface area contributed by atoms with Crippen LogP contribution in [0.2, 0.25) is 0 Å². The highest BCUT2D eigenvalue weighted by Gasteiger charge is 2.27. The molecule has 0 saturated carbocycles. The van der Waals surface area contributed by atoms with Crippen molar-refractivity contribution in [2.24, 2.45) is 4.99 Å². The largest absolute Gasteiger partial charge is 0.383 e. The molecule has 0 aliphatic carbocycles. The second-order valence-electron chi connectivity index (χ2n) is 4.25. The Hall–Kier alpha value is -0.860. The topological polar surface area (TPSA) is 83.0 Å². The zero-order valence-corrected chi connectivity index (χ0v) is 12.5. The second-order valence-corrected chi connectivity index (χ2v) is 6.34. The monoisotopic (exact) mass is 292 g/mol. The van der Waals surface area contributed by atoms with Crippen LogP contribution in [0.4, 0.5) is 0 Å². The minimum atomic E-state index is -3.01. The maximum Gasteiger partial charge on any atom is 0.214 e. The van der Waals surface area contributed by atoms with Crippen LogP contribution in [0.5, 0.6) is 0 Å². The molecule has 0 aromatic carbocycles. The lowest BCUT2D eigenvalue weighted by Crippen LogP contribution is -2.39. The summed E-state index contributed by atoms with van der Waals surface area (Å²) >= 11 is 0. The van der Waals surface area contributed by atoms with Gasteiger partial charge in [-0.25, -0.2) is 12.7 Å². The molecule has 1 aliphatic heterocycles. The molecule has 1 aliphatic rings. The van der Waals surface area contributed by atoms with E-state index in [1.807, 2.05) is 6.92 Å². The standard InChI is InChI=1S/C11H24N4O3S/c1-3-12-11(14-6-9-18-2)13-5-8-15-7-4-10-19(15,16)17/h3-10H2,1-2H3,(H2,12,13,14). The van der Waals surface area contributed by atoms with E-state index >= 15 is 0 Å². The number of aliphatic imine (C=N–C) groups is 1. The molecule has 1 fully saturated rings. The molecular formula is C11H24N4O3S. The van der Waals surface area contributed by atoms with Crippen LogP contribution in [-0.4, -0.2) is 70.9 Å². The average molecular weight is 292 g/mol. The summed E-state index contributed by atoms with van der Waals surface area (Å²) in [4.78, 5) is 4.35. The molecule has 0 amide bonds. The average Bonchev–Trinajstić information content (AvgIpc) is 2.69. The summed E-state index contributed by atoms with van der Waals surface area (Å²) < 4.78 is 29.7. The van der Waals surface area contributed by atoms with Crippen LogP contribution >= 0.6 is 0 Å². The number of sulfonamides is 1. The van der Waals surface area contributed by atoms with Crippen molar-refractivity contribution in [3.8, 4) is 0 Å². The van der Waals surface area contributed by atoms with Crippen LogP contribution in [0.3, 0.4) is 0 Å². The fourth-order valence-electron chi connectivity index (χ4n) is 1.83. The molecule has 112 valence electrons. The van der Waals surface area contributed by atoms with Gasteiger partial charge in [0.1, 0.15) is 0 Å². The van der Waals surface area contributed by atoms with Crippen molar-refractivity contribution in [1.82, 2.24) is 14.9 Å². The minimum absolute atomic E-state index is 0.267.